The summed E-state index contributed by atoms with van der Waals surface area (Å²) in [4.78, 5) is 21.9. The van der Waals surface area contributed by atoms with Gasteiger partial charge in [0, 0.05) is 0 Å². The van der Waals surface area contributed by atoms with Crippen LogP contribution < -0.4 is 0 Å². The van der Waals surface area contributed by atoms with E-state index in [4.69, 9.17) is 0 Å². The molecule has 0 aliphatic heterocycles. The monoisotopic (exact) mass is 324 g/mol. The van der Waals surface area contributed by atoms with Crippen molar-refractivity contribution in [1.29, 1.82) is 0 Å². The highest BCUT2D eigenvalue weighted by atomic mass is 16.5. The molecule has 0 unspecified atom stereocenters. The fourth-order valence-corrected chi connectivity index (χ4v) is 2.72. The Morgan fingerprint density at radius 2 is 1.22 bits per heavy atom. The first-order chi connectivity index (χ1) is 11.3. The second kappa shape index (κ2) is 17.2. The van der Waals surface area contributed by atoms with Crippen molar-refractivity contribution in [3.63, 3.8) is 0 Å². The summed E-state index contributed by atoms with van der Waals surface area (Å²) in [6.07, 6.45) is 20.2. The predicted molar refractivity (Wildman–Crippen MR) is 96.5 cm³/mol. The molecule has 3 heteroatoms. The summed E-state index contributed by atoms with van der Waals surface area (Å²) >= 11 is 0. The van der Waals surface area contributed by atoms with Gasteiger partial charge in [-0.1, -0.05) is 90.0 Å². The fourth-order valence-electron chi connectivity index (χ4n) is 2.72. The number of esters is 1. The van der Waals surface area contributed by atoms with Crippen LogP contribution in [0.3, 0.4) is 0 Å². The molecule has 0 radical (unpaired) electrons. The van der Waals surface area contributed by atoms with Crippen LogP contribution in [-0.2, 0) is 14.3 Å². The SMILES string of the molecule is CCCCCCCCCCCCCCCC=C(C=O)C(=O)OC. The van der Waals surface area contributed by atoms with Crippen molar-refractivity contribution in [2.24, 2.45) is 0 Å². The summed E-state index contributed by atoms with van der Waals surface area (Å²) in [6, 6.07) is 0. The summed E-state index contributed by atoms with van der Waals surface area (Å²) in [5, 5.41) is 0. The Kier molecular flexibility index (Phi) is 16.4. The number of carbonyl (C=O) groups is 2. The van der Waals surface area contributed by atoms with Crippen LogP contribution in [0.4, 0.5) is 0 Å². The minimum Gasteiger partial charge on any atom is -0.465 e. The number of hydrogen-bond donors (Lipinski definition) is 0. The quantitative estimate of drug-likeness (QED) is 0.0904. The molecule has 0 amide bonds. The van der Waals surface area contributed by atoms with E-state index in [0.717, 1.165) is 12.8 Å². The predicted octanol–water partition coefficient (Wildman–Crippen LogP) is 5.77. The maximum Gasteiger partial charge on any atom is 0.340 e. The Hall–Kier alpha value is -1.12. The van der Waals surface area contributed by atoms with Crippen LogP contribution in [0.25, 0.3) is 0 Å². The van der Waals surface area contributed by atoms with Gasteiger partial charge in [0.2, 0.25) is 0 Å². The van der Waals surface area contributed by atoms with Crippen molar-refractivity contribution in [2.45, 2.75) is 96.8 Å². The summed E-state index contributed by atoms with van der Waals surface area (Å²) < 4.78 is 4.53. The lowest BCUT2D eigenvalue weighted by Crippen LogP contribution is -2.05. The third-order valence-corrected chi connectivity index (χ3v) is 4.22. The van der Waals surface area contributed by atoms with Gasteiger partial charge < -0.3 is 4.74 Å². The highest BCUT2D eigenvalue weighted by molar-refractivity contribution is 6.07. The molecule has 0 aliphatic carbocycles. The normalized spacial score (nSPS) is 11.5. The van der Waals surface area contributed by atoms with Gasteiger partial charge in [-0.05, 0) is 12.8 Å². The molecular weight excluding hydrogens is 288 g/mol. The minimum atomic E-state index is -0.533. The third kappa shape index (κ3) is 14.2. The Balaban J connectivity index is 3.32. The first kappa shape index (κ1) is 21.9. The zero-order valence-corrected chi connectivity index (χ0v) is 15.3. The van der Waals surface area contributed by atoms with Crippen LogP contribution >= 0.6 is 0 Å². The first-order valence-electron chi connectivity index (χ1n) is 9.49. The molecule has 0 bridgehead atoms. The average molecular weight is 325 g/mol. The molecule has 0 fully saturated rings. The van der Waals surface area contributed by atoms with Crippen LogP contribution in [0, 0.1) is 0 Å². The van der Waals surface area contributed by atoms with Gasteiger partial charge in [-0.15, -0.1) is 0 Å². The van der Waals surface area contributed by atoms with Crippen molar-refractivity contribution in [1.82, 2.24) is 0 Å². The van der Waals surface area contributed by atoms with E-state index in [0.29, 0.717) is 6.29 Å². The summed E-state index contributed by atoms with van der Waals surface area (Å²) in [7, 11) is 1.30. The lowest BCUT2D eigenvalue weighted by molar-refractivity contribution is -0.136. The van der Waals surface area contributed by atoms with Crippen LogP contribution in [0.1, 0.15) is 96.8 Å². The van der Waals surface area contributed by atoms with Crippen LogP contribution in [0.2, 0.25) is 0 Å². The lowest BCUT2D eigenvalue weighted by Gasteiger charge is -2.02. The van der Waals surface area contributed by atoms with Gasteiger partial charge in [-0.25, -0.2) is 4.79 Å². The molecule has 0 aromatic rings. The summed E-state index contributed by atoms with van der Waals surface area (Å²) in [6.45, 7) is 2.26. The minimum absolute atomic E-state index is 0.145. The second-order valence-electron chi connectivity index (χ2n) is 6.30. The molecule has 0 aliphatic rings. The van der Waals surface area contributed by atoms with Gasteiger partial charge in [-0.2, -0.15) is 0 Å². The van der Waals surface area contributed by atoms with E-state index in [1.54, 1.807) is 6.08 Å². The first-order valence-corrected chi connectivity index (χ1v) is 9.49. The summed E-state index contributed by atoms with van der Waals surface area (Å²) in [5.74, 6) is -0.533. The van der Waals surface area contributed by atoms with Crippen LogP contribution in [0.5, 0.6) is 0 Å². The Labute approximate surface area is 142 Å². The molecule has 0 atom stereocenters. The number of hydrogen-bond acceptors (Lipinski definition) is 3. The van der Waals surface area contributed by atoms with Crippen molar-refractivity contribution in [3.8, 4) is 0 Å². The molecule has 0 saturated heterocycles. The molecule has 0 N–H and O–H groups in total. The maximum atomic E-state index is 11.2. The number of unbranched alkanes of at least 4 members (excludes halogenated alkanes) is 13. The van der Waals surface area contributed by atoms with Crippen LogP contribution in [0.15, 0.2) is 11.6 Å². The van der Waals surface area contributed by atoms with E-state index in [1.807, 2.05) is 0 Å². The van der Waals surface area contributed by atoms with Crippen molar-refractivity contribution in [3.05, 3.63) is 11.6 Å². The third-order valence-electron chi connectivity index (χ3n) is 4.22. The van der Waals surface area contributed by atoms with Crippen molar-refractivity contribution in [2.75, 3.05) is 7.11 Å². The molecule has 23 heavy (non-hydrogen) atoms. The molecule has 0 heterocycles. The van der Waals surface area contributed by atoms with Gasteiger partial charge in [0.1, 0.15) is 0 Å². The number of methoxy groups -OCH3 is 1. The number of rotatable bonds is 16. The molecular formula is C20H36O3. The van der Waals surface area contributed by atoms with Crippen molar-refractivity contribution >= 4 is 12.3 Å². The van der Waals surface area contributed by atoms with Crippen molar-refractivity contribution < 1.29 is 14.3 Å². The number of ether oxygens (including phenoxy) is 1. The van der Waals surface area contributed by atoms with Crippen LogP contribution in [-0.4, -0.2) is 19.4 Å². The number of aldehydes is 1. The van der Waals surface area contributed by atoms with Gasteiger partial charge in [0.25, 0.3) is 0 Å². The van der Waals surface area contributed by atoms with E-state index in [9.17, 15) is 9.59 Å². The largest absolute Gasteiger partial charge is 0.465 e. The highest BCUT2D eigenvalue weighted by Gasteiger charge is 2.06. The molecule has 0 spiro atoms. The zero-order valence-electron chi connectivity index (χ0n) is 15.3. The topological polar surface area (TPSA) is 43.4 Å². The smallest absolute Gasteiger partial charge is 0.340 e. The van der Waals surface area contributed by atoms with E-state index in [1.165, 1.54) is 84.2 Å². The number of allylic oxidation sites excluding steroid dienone is 1. The van der Waals surface area contributed by atoms with E-state index in [2.05, 4.69) is 11.7 Å². The highest BCUT2D eigenvalue weighted by Crippen LogP contribution is 2.13. The van der Waals surface area contributed by atoms with E-state index >= 15 is 0 Å². The maximum absolute atomic E-state index is 11.2. The van der Waals surface area contributed by atoms with Gasteiger partial charge in [0.05, 0.1) is 12.7 Å². The van der Waals surface area contributed by atoms with Gasteiger partial charge in [0.15, 0.2) is 6.29 Å². The molecule has 0 aromatic heterocycles. The second-order valence-corrected chi connectivity index (χ2v) is 6.30. The Morgan fingerprint density at radius 3 is 1.61 bits per heavy atom. The molecule has 134 valence electrons. The summed E-state index contributed by atoms with van der Waals surface area (Å²) in [5.41, 5.74) is 0.145. The zero-order chi connectivity index (χ0) is 17.2. The molecule has 3 nitrogen and oxygen atoms in total. The van der Waals surface area contributed by atoms with Gasteiger partial charge >= 0.3 is 5.97 Å². The fraction of sp³-hybridized carbons (Fsp3) is 0.800. The lowest BCUT2D eigenvalue weighted by atomic mass is 10.0. The molecule has 0 saturated carbocycles. The number of carbonyl (C=O) groups excluding carboxylic acids is 2. The van der Waals surface area contributed by atoms with E-state index < -0.39 is 5.97 Å². The molecule has 0 rings (SSSR count). The Morgan fingerprint density at radius 1 is 0.783 bits per heavy atom. The standard InChI is InChI=1S/C20H36O3/c1-3-4-5-6-7-8-9-10-11-12-13-14-15-16-17-19(18-21)20(22)23-2/h17-18H,3-16H2,1-2H3. The molecule has 0 aromatic carbocycles. The van der Waals surface area contributed by atoms with Gasteiger partial charge in [-0.3, -0.25) is 4.79 Å². The van der Waals surface area contributed by atoms with E-state index in [-0.39, 0.29) is 5.57 Å². The average Bonchev–Trinajstić information content (AvgIpc) is 2.58. The Bertz CT molecular complexity index is 321.